The second kappa shape index (κ2) is 5.10. The Balaban J connectivity index is 2.24. The van der Waals surface area contributed by atoms with Gasteiger partial charge >= 0.3 is 0 Å². The van der Waals surface area contributed by atoms with E-state index in [4.69, 9.17) is 17.3 Å². The van der Waals surface area contributed by atoms with Crippen molar-refractivity contribution >= 4 is 17.3 Å². The first-order valence-electron chi connectivity index (χ1n) is 6.73. The summed E-state index contributed by atoms with van der Waals surface area (Å²) in [6.45, 7) is 5.31. The van der Waals surface area contributed by atoms with E-state index in [-0.39, 0.29) is 11.0 Å². The van der Waals surface area contributed by atoms with Gasteiger partial charge in [-0.25, -0.2) is 0 Å². The molecule has 1 aromatic rings. The van der Waals surface area contributed by atoms with Crippen LogP contribution in [0.25, 0.3) is 0 Å². The van der Waals surface area contributed by atoms with Gasteiger partial charge in [-0.05, 0) is 42.5 Å². The zero-order chi connectivity index (χ0) is 13.2. The van der Waals surface area contributed by atoms with Crippen molar-refractivity contribution in [1.29, 1.82) is 0 Å². The molecule has 0 radical (unpaired) electrons. The predicted molar refractivity (Wildman–Crippen MR) is 79.1 cm³/mol. The van der Waals surface area contributed by atoms with Crippen LogP contribution in [0.3, 0.4) is 0 Å². The third-order valence-electron chi connectivity index (χ3n) is 4.53. The van der Waals surface area contributed by atoms with E-state index >= 15 is 0 Å². The number of anilines is 1. The monoisotopic (exact) mass is 266 g/mol. The van der Waals surface area contributed by atoms with Crippen LogP contribution in [-0.4, -0.2) is 12.1 Å². The average molecular weight is 267 g/mol. The van der Waals surface area contributed by atoms with Crippen LogP contribution in [0.15, 0.2) is 24.3 Å². The smallest absolute Gasteiger partial charge is 0.0546 e. The van der Waals surface area contributed by atoms with E-state index in [9.17, 15) is 0 Å². The third kappa shape index (κ3) is 2.50. The summed E-state index contributed by atoms with van der Waals surface area (Å²) in [5, 5.41) is 4.45. The Hall–Kier alpha value is -0.730. The summed E-state index contributed by atoms with van der Waals surface area (Å²) in [6, 6.07) is 7.91. The second-order valence-corrected chi connectivity index (χ2v) is 6.45. The molecule has 0 bridgehead atoms. The van der Waals surface area contributed by atoms with Gasteiger partial charge in [-0.1, -0.05) is 38.3 Å². The summed E-state index contributed by atoms with van der Waals surface area (Å²) >= 11 is 5.93. The largest absolute Gasteiger partial charge is 0.378 e. The molecule has 0 aromatic heterocycles. The molecule has 0 spiro atoms. The van der Waals surface area contributed by atoms with Gasteiger partial charge in [0.2, 0.25) is 0 Å². The molecular formula is C15H23ClN2. The van der Waals surface area contributed by atoms with E-state index in [1.165, 1.54) is 19.3 Å². The second-order valence-electron chi connectivity index (χ2n) is 6.01. The molecule has 2 rings (SSSR count). The molecule has 0 amide bonds. The standard InChI is InChI=1S/C15H23ClN2/c1-14(2)9-3-4-10-15(14,11-17)18-13-7-5-12(16)6-8-13/h5-8,18H,3-4,9-11,17H2,1-2H3. The molecule has 1 aliphatic rings. The van der Waals surface area contributed by atoms with Gasteiger partial charge in [0.25, 0.3) is 0 Å². The fourth-order valence-corrected chi connectivity index (χ4v) is 3.17. The van der Waals surface area contributed by atoms with Crippen molar-refractivity contribution in [3.05, 3.63) is 29.3 Å². The summed E-state index contributed by atoms with van der Waals surface area (Å²) < 4.78 is 0. The van der Waals surface area contributed by atoms with Gasteiger partial charge in [-0.3, -0.25) is 0 Å². The van der Waals surface area contributed by atoms with Crippen LogP contribution in [0.1, 0.15) is 39.5 Å². The highest BCUT2D eigenvalue weighted by Gasteiger charge is 2.45. The number of halogens is 1. The van der Waals surface area contributed by atoms with Gasteiger partial charge in [0.05, 0.1) is 5.54 Å². The van der Waals surface area contributed by atoms with E-state index < -0.39 is 0 Å². The topological polar surface area (TPSA) is 38.0 Å². The molecule has 3 heteroatoms. The molecule has 0 saturated heterocycles. The fourth-order valence-electron chi connectivity index (χ4n) is 3.04. The summed E-state index contributed by atoms with van der Waals surface area (Å²) in [5.74, 6) is 0. The van der Waals surface area contributed by atoms with Crippen LogP contribution in [0.2, 0.25) is 5.02 Å². The van der Waals surface area contributed by atoms with E-state index in [1.807, 2.05) is 24.3 Å². The van der Waals surface area contributed by atoms with Crippen LogP contribution in [0, 0.1) is 5.41 Å². The quantitative estimate of drug-likeness (QED) is 0.866. The maximum Gasteiger partial charge on any atom is 0.0546 e. The SMILES string of the molecule is CC1(C)CCCCC1(CN)Nc1ccc(Cl)cc1. The summed E-state index contributed by atoms with van der Waals surface area (Å²) in [5.41, 5.74) is 7.43. The summed E-state index contributed by atoms with van der Waals surface area (Å²) in [4.78, 5) is 0. The van der Waals surface area contributed by atoms with Crippen molar-refractivity contribution in [2.45, 2.75) is 45.1 Å². The minimum Gasteiger partial charge on any atom is -0.378 e. The molecule has 18 heavy (non-hydrogen) atoms. The van der Waals surface area contributed by atoms with E-state index in [2.05, 4.69) is 19.2 Å². The Morgan fingerprint density at radius 3 is 2.33 bits per heavy atom. The van der Waals surface area contributed by atoms with Crippen LogP contribution in [0.4, 0.5) is 5.69 Å². The molecule has 0 heterocycles. The Kier molecular flexibility index (Phi) is 3.88. The Bertz CT molecular complexity index is 399. The lowest BCUT2D eigenvalue weighted by Gasteiger charge is -2.51. The fraction of sp³-hybridized carbons (Fsp3) is 0.600. The Morgan fingerprint density at radius 2 is 1.78 bits per heavy atom. The highest BCUT2D eigenvalue weighted by molar-refractivity contribution is 6.30. The highest BCUT2D eigenvalue weighted by Crippen LogP contribution is 2.45. The first kappa shape index (κ1) is 13.7. The van der Waals surface area contributed by atoms with E-state index in [0.717, 1.165) is 17.1 Å². The zero-order valence-corrected chi connectivity index (χ0v) is 12.1. The molecule has 1 atom stereocenters. The van der Waals surface area contributed by atoms with Crippen LogP contribution < -0.4 is 11.1 Å². The first-order valence-corrected chi connectivity index (χ1v) is 7.11. The first-order chi connectivity index (χ1) is 8.49. The van der Waals surface area contributed by atoms with Gasteiger partial charge in [0.1, 0.15) is 0 Å². The van der Waals surface area contributed by atoms with Crippen molar-refractivity contribution in [3.8, 4) is 0 Å². The van der Waals surface area contributed by atoms with Crippen molar-refractivity contribution in [2.24, 2.45) is 11.1 Å². The zero-order valence-electron chi connectivity index (χ0n) is 11.3. The lowest BCUT2D eigenvalue weighted by molar-refractivity contribution is 0.125. The molecule has 1 saturated carbocycles. The van der Waals surface area contributed by atoms with Gasteiger partial charge in [-0.2, -0.15) is 0 Å². The lowest BCUT2D eigenvalue weighted by Crippen LogP contribution is -2.58. The van der Waals surface area contributed by atoms with Gasteiger partial charge < -0.3 is 11.1 Å². The normalized spacial score (nSPS) is 26.9. The van der Waals surface area contributed by atoms with E-state index in [1.54, 1.807) is 0 Å². The minimum atomic E-state index is -0.000913. The number of nitrogens with one attached hydrogen (secondary N) is 1. The molecule has 0 aliphatic heterocycles. The minimum absolute atomic E-state index is 0.000913. The molecule has 1 fully saturated rings. The van der Waals surface area contributed by atoms with Crippen molar-refractivity contribution in [2.75, 3.05) is 11.9 Å². The number of rotatable bonds is 3. The van der Waals surface area contributed by atoms with Crippen LogP contribution >= 0.6 is 11.6 Å². The number of benzene rings is 1. The predicted octanol–water partition coefficient (Wildman–Crippen LogP) is 4.05. The van der Waals surface area contributed by atoms with Gasteiger partial charge in [0.15, 0.2) is 0 Å². The van der Waals surface area contributed by atoms with Crippen molar-refractivity contribution in [1.82, 2.24) is 0 Å². The Labute approximate surface area is 115 Å². The molecular weight excluding hydrogens is 244 g/mol. The van der Waals surface area contributed by atoms with E-state index in [0.29, 0.717) is 6.54 Å². The maximum absolute atomic E-state index is 6.10. The molecule has 1 aliphatic carbocycles. The van der Waals surface area contributed by atoms with Gasteiger partial charge in [-0.15, -0.1) is 0 Å². The number of nitrogens with two attached hydrogens (primary N) is 1. The molecule has 1 unspecified atom stereocenters. The lowest BCUT2D eigenvalue weighted by atomic mass is 9.63. The molecule has 100 valence electrons. The average Bonchev–Trinajstić information content (AvgIpc) is 2.34. The number of hydrogen-bond donors (Lipinski definition) is 2. The van der Waals surface area contributed by atoms with Crippen LogP contribution in [0.5, 0.6) is 0 Å². The van der Waals surface area contributed by atoms with Crippen molar-refractivity contribution < 1.29 is 0 Å². The van der Waals surface area contributed by atoms with Crippen molar-refractivity contribution in [3.63, 3.8) is 0 Å². The summed E-state index contributed by atoms with van der Waals surface area (Å²) in [6.07, 6.45) is 4.92. The molecule has 3 N–H and O–H groups in total. The van der Waals surface area contributed by atoms with Gasteiger partial charge in [0, 0.05) is 17.3 Å². The highest BCUT2D eigenvalue weighted by atomic mass is 35.5. The molecule has 2 nitrogen and oxygen atoms in total. The summed E-state index contributed by atoms with van der Waals surface area (Å²) in [7, 11) is 0. The van der Waals surface area contributed by atoms with Crippen LogP contribution in [-0.2, 0) is 0 Å². The number of hydrogen-bond acceptors (Lipinski definition) is 2. The Morgan fingerprint density at radius 1 is 1.17 bits per heavy atom. The molecule has 1 aromatic carbocycles. The third-order valence-corrected chi connectivity index (χ3v) is 4.78. The maximum atomic E-state index is 6.10.